The minimum absolute atomic E-state index is 0.550. The van der Waals surface area contributed by atoms with Crippen molar-refractivity contribution in [1.29, 1.82) is 0 Å². The van der Waals surface area contributed by atoms with Gasteiger partial charge in [-0.05, 0) is 93.4 Å². The number of hydrogen-bond acceptors (Lipinski definition) is 0. The molecule has 0 aliphatic carbocycles. The van der Waals surface area contributed by atoms with Crippen LogP contribution in [0.4, 0.5) is 0 Å². The molecular weight excluding hydrogens is 458 g/mol. The van der Waals surface area contributed by atoms with Gasteiger partial charge < -0.3 is 0 Å². The van der Waals surface area contributed by atoms with Crippen LogP contribution in [0.15, 0.2) is 97.1 Å². The van der Waals surface area contributed by atoms with Crippen LogP contribution in [0.1, 0.15) is 48.4 Å². The molecule has 0 saturated carbocycles. The Kier molecular flexibility index (Phi) is 8.94. The largest absolute Gasteiger partial charge is 0.0654 e. The molecule has 0 aromatic heterocycles. The summed E-state index contributed by atoms with van der Waals surface area (Å²) in [7, 11) is -1.10. The van der Waals surface area contributed by atoms with Gasteiger partial charge in [-0.15, -0.1) is 0 Å². The lowest BCUT2D eigenvalue weighted by molar-refractivity contribution is 0.759. The molecular formula is C33H38P2. The van der Waals surface area contributed by atoms with E-state index < -0.39 is 15.8 Å². The number of unbranched alkanes of at least 4 members (excludes halogenated alkanes) is 1. The summed E-state index contributed by atoms with van der Waals surface area (Å²) in [5.74, 6) is 0. The van der Waals surface area contributed by atoms with Crippen LogP contribution in [0.25, 0.3) is 0 Å². The fraction of sp³-hybridized carbons (Fsp3) is 0.273. The highest BCUT2D eigenvalue weighted by molar-refractivity contribution is 7.89. The number of rotatable bonds is 9. The Hall–Kier alpha value is -2.26. The summed E-state index contributed by atoms with van der Waals surface area (Å²) in [6, 6.07) is 36.6. The molecule has 0 N–H and O–H groups in total. The second kappa shape index (κ2) is 12.1. The topological polar surface area (TPSA) is 0 Å². The minimum atomic E-state index is -0.550. The van der Waals surface area contributed by atoms with Crippen molar-refractivity contribution in [3.8, 4) is 0 Å². The highest BCUT2D eigenvalue weighted by atomic mass is 31.2. The molecule has 0 spiro atoms. The predicted octanol–water partition coefficient (Wildman–Crippen LogP) is 8.00. The summed E-state index contributed by atoms with van der Waals surface area (Å²) >= 11 is 0. The first kappa shape index (κ1) is 25.8. The Bertz CT molecular complexity index is 1070. The highest BCUT2D eigenvalue weighted by Crippen LogP contribution is 2.59. The van der Waals surface area contributed by atoms with Gasteiger partial charge in [-0.1, -0.05) is 117 Å². The van der Waals surface area contributed by atoms with Crippen LogP contribution in [0.5, 0.6) is 0 Å². The molecule has 2 heteroatoms. The summed E-state index contributed by atoms with van der Waals surface area (Å²) in [5, 5.41) is 6.77. The smallest absolute Gasteiger partial charge is 0.0155 e. The molecule has 0 unspecified atom stereocenters. The third-order valence-corrected chi connectivity index (χ3v) is 14.1. The van der Waals surface area contributed by atoms with Gasteiger partial charge in [0, 0.05) is 5.40 Å². The molecule has 0 aliphatic heterocycles. The Balaban J connectivity index is 2.02. The van der Waals surface area contributed by atoms with Gasteiger partial charge in [0.15, 0.2) is 0 Å². The Morgan fingerprint density at radius 1 is 0.486 bits per heavy atom. The van der Waals surface area contributed by atoms with Gasteiger partial charge in [0.05, 0.1) is 0 Å². The maximum absolute atomic E-state index is 2.41. The summed E-state index contributed by atoms with van der Waals surface area (Å²) < 4.78 is 0. The molecule has 180 valence electrons. The summed E-state index contributed by atoms with van der Waals surface area (Å²) in [5.41, 5.74) is 5.70. The van der Waals surface area contributed by atoms with E-state index >= 15 is 0 Å². The maximum atomic E-state index is 2.41. The van der Waals surface area contributed by atoms with Gasteiger partial charge in [0.1, 0.15) is 0 Å². The van der Waals surface area contributed by atoms with Crippen molar-refractivity contribution >= 4 is 37.1 Å². The first-order chi connectivity index (χ1) is 17.0. The molecule has 0 saturated heterocycles. The van der Waals surface area contributed by atoms with Gasteiger partial charge in [-0.25, -0.2) is 0 Å². The lowest BCUT2D eigenvalue weighted by atomic mass is 10.2. The van der Waals surface area contributed by atoms with Crippen molar-refractivity contribution in [2.24, 2.45) is 0 Å². The van der Waals surface area contributed by atoms with Gasteiger partial charge in [0.2, 0.25) is 0 Å². The van der Waals surface area contributed by atoms with Gasteiger partial charge >= 0.3 is 0 Å². The molecule has 0 atom stereocenters. The van der Waals surface area contributed by atoms with Crippen LogP contribution in [0.3, 0.4) is 0 Å². The second-order valence-corrected chi connectivity index (χ2v) is 14.6. The first-order valence-electron chi connectivity index (χ1n) is 12.8. The molecule has 0 bridgehead atoms. The molecule has 0 heterocycles. The summed E-state index contributed by atoms with van der Waals surface area (Å²) in [6.07, 6.45) is 3.74. The first-order valence-corrected chi connectivity index (χ1v) is 15.7. The van der Waals surface area contributed by atoms with Crippen LogP contribution in [-0.4, -0.2) is 5.40 Å². The molecule has 0 nitrogen and oxygen atoms in total. The van der Waals surface area contributed by atoms with Crippen molar-refractivity contribution in [1.82, 2.24) is 0 Å². The molecule has 4 rings (SSSR count). The van der Waals surface area contributed by atoms with Crippen LogP contribution < -0.4 is 21.2 Å². The fourth-order valence-corrected chi connectivity index (χ4v) is 12.9. The number of benzene rings is 4. The van der Waals surface area contributed by atoms with Crippen LogP contribution >= 0.6 is 15.8 Å². The van der Waals surface area contributed by atoms with Crippen LogP contribution in [0, 0.1) is 27.7 Å². The van der Waals surface area contributed by atoms with Gasteiger partial charge in [-0.3, -0.25) is 0 Å². The van der Waals surface area contributed by atoms with E-state index in [9.17, 15) is 0 Å². The zero-order chi connectivity index (χ0) is 24.8. The van der Waals surface area contributed by atoms with Gasteiger partial charge in [-0.2, -0.15) is 0 Å². The summed E-state index contributed by atoms with van der Waals surface area (Å²) in [6.45, 7) is 11.6. The second-order valence-electron chi connectivity index (χ2n) is 9.51. The van der Waals surface area contributed by atoms with Crippen LogP contribution in [-0.2, 0) is 0 Å². The molecule has 0 radical (unpaired) electrons. The predicted molar refractivity (Wildman–Crippen MR) is 160 cm³/mol. The van der Waals surface area contributed by atoms with Gasteiger partial charge in [0.25, 0.3) is 0 Å². The average Bonchev–Trinajstić information content (AvgIpc) is 2.86. The van der Waals surface area contributed by atoms with Crippen LogP contribution in [0.2, 0.25) is 0 Å². The molecule has 4 aromatic carbocycles. The molecule has 35 heavy (non-hydrogen) atoms. The third-order valence-electron chi connectivity index (χ3n) is 6.91. The molecule has 4 aromatic rings. The quantitative estimate of drug-likeness (QED) is 0.206. The zero-order valence-corrected chi connectivity index (χ0v) is 23.6. The highest BCUT2D eigenvalue weighted by Gasteiger charge is 2.35. The van der Waals surface area contributed by atoms with Crippen molar-refractivity contribution in [2.75, 3.05) is 0 Å². The van der Waals surface area contributed by atoms with E-state index in [0.29, 0.717) is 5.40 Å². The van der Waals surface area contributed by atoms with E-state index in [-0.39, 0.29) is 0 Å². The standard InChI is InChI=1S/C33H38P2/c1-6-7-24-33(34(29-20-12-8-16-25(29)2)30-21-13-9-17-26(30)3)35(31-22-14-10-18-27(31)4)32-23-15-11-19-28(32)5/h8-23,33H,6-7,24H2,1-5H3. The van der Waals surface area contributed by atoms with Crippen molar-refractivity contribution in [3.05, 3.63) is 119 Å². The van der Waals surface area contributed by atoms with E-state index in [4.69, 9.17) is 0 Å². The van der Waals surface area contributed by atoms with E-state index in [1.54, 1.807) is 21.2 Å². The third kappa shape index (κ3) is 5.77. The van der Waals surface area contributed by atoms with E-state index in [1.165, 1.54) is 41.5 Å². The van der Waals surface area contributed by atoms with E-state index in [1.807, 2.05) is 0 Å². The molecule has 0 amide bonds. The lowest BCUT2D eigenvalue weighted by Gasteiger charge is -2.38. The SMILES string of the molecule is CCCCC(P(c1ccccc1C)c1ccccc1C)P(c1ccccc1C)c1ccccc1C. The van der Waals surface area contributed by atoms with E-state index in [2.05, 4.69) is 132 Å². The van der Waals surface area contributed by atoms with Crippen molar-refractivity contribution in [2.45, 2.75) is 59.3 Å². The monoisotopic (exact) mass is 496 g/mol. The molecule has 0 aliphatic rings. The Labute approximate surface area is 215 Å². The van der Waals surface area contributed by atoms with E-state index in [0.717, 1.165) is 0 Å². The van der Waals surface area contributed by atoms with Crippen molar-refractivity contribution < 1.29 is 0 Å². The minimum Gasteiger partial charge on any atom is -0.0654 e. The average molecular weight is 497 g/mol. The Morgan fingerprint density at radius 3 is 1.03 bits per heavy atom. The summed E-state index contributed by atoms with van der Waals surface area (Å²) in [4.78, 5) is 0. The number of hydrogen-bond donors (Lipinski definition) is 0. The molecule has 0 fully saturated rings. The zero-order valence-electron chi connectivity index (χ0n) is 21.8. The normalized spacial score (nSPS) is 11.5. The lowest BCUT2D eigenvalue weighted by Crippen LogP contribution is -2.30. The fourth-order valence-electron chi connectivity index (χ4n) is 5.00. The van der Waals surface area contributed by atoms with Crippen molar-refractivity contribution in [3.63, 3.8) is 0 Å². The Morgan fingerprint density at radius 2 is 0.771 bits per heavy atom. The number of aryl methyl sites for hydroxylation is 4. The maximum Gasteiger partial charge on any atom is 0.0155 e.